The molecule has 0 atom stereocenters. The molecule has 18 heavy (non-hydrogen) atoms. The topological polar surface area (TPSA) is 37.3 Å². The minimum atomic E-state index is -1.84. The van der Waals surface area contributed by atoms with Crippen molar-refractivity contribution in [2.24, 2.45) is 5.41 Å². The molecule has 0 fully saturated rings. The molecular weight excluding hydrogens is 238 g/mol. The van der Waals surface area contributed by atoms with Crippen LogP contribution in [0, 0.1) is 11.2 Å². The van der Waals surface area contributed by atoms with Gasteiger partial charge in [-0.3, -0.25) is 4.79 Å². The van der Waals surface area contributed by atoms with E-state index in [1.54, 1.807) is 6.07 Å². The third-order valence-electron chi connectivity index (χ3n) is 2.91. The van der Waals surface area contributed by atoms with Gasteiger partial charge in [0.15, 0.2) is 0 Å². The molecular formula is C14H18F2O2. The fraction of sp³-hybridized carbons (Fsp3) is 0.500. The molecule has 1 rings (SSSR count). The van der Waals surface area contributed by atoms with E-state index in [0.29, 0.717) is 5.56 Å². The zero-order chi connectivity index (χ0) is 14.1. The van der Waals surface area contributed by atoms with Gasteiger partial charge >= 0.3 is 5.97 Å². The van der Waals surface area contributed by atoms with Gasteiger partial charge in [-0.2, -0.15) is 0 Å². The molecule has 0 amide bonds. The molecule has 0 unspecified atom stereocenters. The standard InChI is InChI=1S/C14H18F2O2/c1-13(2,12(17)18)8-9-6-5-7-10(15)11(9)14(3,4)16/h5-7H,8H2,1-4H3,(H,17,18). The Morgan fingerprint density at radius 1 is 1.28 bits per heavy atom. The Kier molecular flexibility index (Phi) is 3.79. The first-order chi connectivity index (χ1) is 8.05. The maximum Gasteiger partial charge on any atom is 0.309 e. The summed E-state index contributed by atoms with van der Waals surface area (Å²) in [5, 5.41) is 9.08. The van der Waals surface area contributed by atoms with E-state index in [2.05, 4.69) is 0 Å². The number of alkyl halides is 1. The Morgan fingerprint density at radius 3 is 2.28 bits per heavy atom. The van der Waals surface area contributed by atoms with Gasteiger partial charge in [0, 0.05) is 5.56 Å². The first-order valence-electron chi connectivity index (χ1n) is 5.76. The predicted octanol–water partition coefficient (Wildman–Crippen LogP) is 3.68. The number of carboxylic acids is 1. The van der Waals surface area contributed by atoms with Crippen molar-refractivity contribution in [3.63, 3.8) is 0 Å². The first kappa shape index (κ1) is 14.6. The zero-order valence-electron chi connectivity index (χ0n) is 11.1. The number of benzene rings is 1. The lowest BCUT2D eigenvalue weighted by Crippen LogP contribution is -2.28. The minimum Gasteiger partial charge on any atom is -0.481 e. The summed E-state index contributed by atoms with van der Waals surface area (Å²) in [6.45, 7) is 5.61. The molecule has 0 bridgehead atoms. The van der Waals surface area contributed by atoms with Crippen LogP contribution in [0.5, 0.6) is 0 Å². The lowest BCUT2D eigenvalue weighted by Gasteiger charge is -2.25. The van der Waals surface area contributed by atoms with Crippen LogP contribution in [-0.4, -0.2) is 11.1 Å². The summed E-state index contributed by atoms with van der Waals surface area (Å²) in [5.74, 6) is -1.63. The molecule has 0 heterocycles. The Balaban J connectivity index is 3.27. The molecule has 2 nitrogen and oxygen atoms in total. The fourth-order valence-corrected chi connectivity index (χ4v) is 1.93. The van der Waals surface area contributed by atoms with E-state index in [1.807, 2.05) is 0 Å². The molecule has 1 N–H and O–H groups in total. The summed E-state index contributed by atoms with van der Waals surface area (Å²) in [5.41, 5.74) is -2.56. The average molecular weight is 256 g/mol. The van der Waals surface area contributed by atoms with Gasteiger partial charge in [0.2, 0.25) is 0 Å². The number of hydrogen-bond donors (Lipinski definition) is 1. The molecule has 0 aliphatic carbocycles. The Hall–Kier alpha value is -1.45. The smallest absolute Gasteiger partial charge is 0.309 e. The van der Waals surface area contributed by atoms with Gasteiger partial charge in [0.1, 0.15) is 11.5 Å². The third kappa shape index (κ3) is 3.06. The monoisotopic (exact) mass is 256 g/mol. The third-order valence-corrected chi connectivity index (χ3v) is 2.91. The van der Waals surface area contributed by atoms with Crippen LogP contribution in [0.3, 0.4) is 0 Å². The lowest BCUT2D eigenvalue weighted by molar-refractivity contribution is -0.146. The highest BCUT2D eigenvalue weighted by atomic mass is 19.1. The van der Waals surface area contributed by atoms with Gasteiger partial charge in [0.05, 0.1) is 5.41 Å². The molecule has 0 radical (unpaired) electrons. The molecule has 0 spiro atoms. The van der Waals surface area contributed by atoms with Crippen LogP contribution in [-0.2, 0) is 16.9 Å². The molecule has 0 saturated heterocycles. The summed E-state index contributed by atoms with van der Waals surface area (Å²) in [6.07, 6.45) is 0.0861. The molecule has 1 aromatic rings. The van der Waals surface area contributed by atoms with E-state index < -0.39 is 22.9 Å². The Morgan fingerprint density at radius 2 is 1.83 bits per heavy atom. The van der Waals surface area contributed by atoms with Crippen LogP contribution in [0.2, 0.25) is 0 Å². The Labute approximate surface area is 106 Å². The molecule has 100 valence electrons. The van der Waals surface area contributed by atoms with E-state index in [9.17, 15) is 13.6 Å². The molecule has 0 aliphatic rings. The number of rotatable bonds is 4. The van der Waals surface area contributed by atoms with Crippen molar-refractivity contribution in [3.05, 3.63) is 35.1 Å². The predicted molar refractivity (Wildman–Crippen MR) is 65.7 cm³/mol. The van der Waals surface area contributed by atoms with Crippen molar-refractivity contribution in [2.45, 2.75) is 39.8 Å². The molecule has 0 aromatic heterocycles. The number of halogens is 2. The van der Waals surface area contributed by atoms with Crippen molar-refractivity contribution < 1.29 is 18.7 Å². The molecule has 4 heteroatoms. The lowest BCUT2D eigenvalue weighted by atomic mass is 9.81. The van der Waals surface area contributed by atoms with Crippen molar-refractivity contribution in [1.29, 1.82) is 0 Å². The number of hydrogen-bond acceptors (Lipinski definition) is 1. The average Bonchev–Trinajstić information content (AvgIpc) is 2.14. The highest BCUT2D eigenvalue weighted by Crippen LogP contribution is 2.34. The summed E-state index contributed by atoms with van der Waals surface area (Å²) in [6, 6.07) is 4.23. The van der Waals surface area contributed by atoms with E-state index in [0.717, 1.165) is 0 Å². The van der Waals surface area contributed by atoms with Crippen LogP contribution in [0.4, 0.5) is 8.78 Å². The van der Waals surface area contributed by atoms with E-state index in [1.165, 1.54) is 39.8 Å². The number of aliphatic carboxylic acids is 1. The number of carbonyl (C=O) groups is 1. The maximum atomic E-state index is 14.0. The van der Waals surface area contributed by atoms with Crippen LogP contribution in [0.1, 0.15) is 38.8 Å². The molecule has 0 saturated carbocycles. The van der Waals surface area contributed by atoms with Gasteiger partial charge < -0.3 is 5.11 Å². The van der Waals surface area contributed by atoms with Crippen LogP contribution >= 0.6 is 0 Å². The quantitative estimate of drug-likeness (QED) is 0.892. The van der Waals surface area contributed by atoms with E-state index >= 15 is 0 Å². The zero-order valence-corrected chi connectivity index (χ0v) is 11.1. The normalized spacial score (nSPS) is 12.6. The van der Waals surface area contributed by atoms with Crippen molar-refractivity contribution in [2.75, 3.05) is 0 Å². The van der Waals surface area contributed by atoms with Crippen molar-refractivity contribution in [1.82, 2.24) is 0 Å². The highest BCUT2D eigenvalue weighted by Gasteiger charge is 2.32. The SMILES string of the molecule is CC(C)(Cc1cccc(F)c1C(C)(C)F)C(=O)O. The van der Waals surface area contributed by atoms with Crippen LogP contribution in [0.25, 0.3) is 0 Å². The largest absolute Gasteiger partial charge is 0.481 e. The van der Waals surface area contributed by atoms with Crippen molar-refractivity contribution >= 4 is 5.97 Å². The van der Waals surface area contributed by atoms with Crippen LogP contribution in [0.15, 0.2) is 18.2 Å². The second-order valence-corrected chi connectivity index (χ2v) is 5.61. The molecule has 0 aliphatic heterocycles. The fourth-order valence-electron chi connectivity index (χ4n) is 1.93. The minimum absolute atomic E-state index is 0.0562. The van der Waals surface area contributed by atoms with Gasteiger partial charge in [-0.25, -0.2) is 8.78 Å². The number of carboxylic acid groups (broad SMARTS) is 1. The second kappa shape index (κ2) is 4.67. The van der Waals surface area contributed by atoms with Gasteiger partial charge in [-0.15, -0.1) is 0 Å². The van der Waals surface area contributed by atoms with Gasteiger partial charge in [-0.05, 0) is 45.7 Å². The first-order valence-corrected chi connectivity index (χ1v) is 5.76. The van der Waals surface area contributed by atoms with E-state index in [4.69, 9.17) is 5.11 Å². The summed E-state index contributed by atoms with van der Waals surface area (Å²) >= 11 is 0. The second-order valence-electron chi connectivity index (χ2n) is 5.61. The molecule has 1 aromatic carbocycles. The van der Waals surface area contributed by atoms with Crippen molar-refractivity contribution in [3.8, 4) is 0 Å². The van der Waals surface area contributed by atoms with Gasteiger partial charge in [0.25, 0.3) is 0 Å². The van der Waals surface area contributed by atoms with Crippen LogP contribution < -0.4 is 0 Å². The summed E-state index contributed by atoms with van der Waals surface area (Å²) in [7, 11) is 0. The van der Waals surface area contributed by atoms with Gasteiger partial charge in [-0.1, -0.05) is 12.1 Å². The maximum absolute atomic E-state index is 14.0. The summed E-state index contributed by atoms with van der Waals surface area (Å²) in [4.78, 5) is 11.1. The summed E-state index contributed by atoms with van der Waals surface area (Å²) < 4.78 is 27.8. The highest BCUT2D eigenvalue weighted by molar-refractivity contribution is 5.74. The Bertz CT molecular complexity index is 459. The van der Waals surface area contributed by atoms with E-state index in [-0.39, 0.29) is 12.0 Å².